The van der Waals surface area contributed by atoms with E-state index in [9.17, 15) is 4.79 Å². The Labute approximate surface area is 182 Å². The summed E-state index contributed by atoms with van der Waals surface area (Å²) in [5.41, 5.74) is 6.90. The van der Waals surface area contributed by atoms with Crippen LogP contribution in [0.15, 0.2) is 23.7 Å². The fraction of sp³-hybridized carbons (Fsp3) is 0.438. The number of halogens is 3. The van der Waals surface area contributed by atoms with Gasteiger partial charge in [0.2, 0.25) is 0 Å². The lowest BCUT2D eigenvalue weighted by Gasteiger charge is -2.33. The van der Waals surface area contributed by atoms with Crippen molar-refractivity contribution in [1.29, 1.82) is 0 Å². The summed E-state index contributed by atoms with van der Waals surface area (Å²) in [6.45, 7) is 4.88. The Balaban J connectivity index is 0.00000225. The van der Waals surface area contributed by atoms with Gasteiger partial charge in [0.25, 0.3) is 5.91 Å². The predicted octanol–water partition coefficient (Wildman–Crippen LogP) is 1.94. The van der Waals surface area contributed by atoms with E-state index in [0.717, 1.165) is 42.6 Å². The van der Waals surface area contributed by atoms with Gasteiger partial charge in [0.05, 0.1) is 0 Å². The topological polar surface area (TPSA) is 87.4 Å². The average molecular weight is 456 g/mol. The lowest BCUT2D eigenvalue weighted by molar-refractivity contribution is 0.0946. The van der Waals surface area contributed by atoms with Crippen LogP contribution in [0, 0.1) is 0 Å². The summed E-state index contributed by atoms with van der Waals surface area (Å²) >= 11 is 1.40. The van der Waals surface area contributed by atoms with Crippen molar-refractivity contribution in [2.24, 2.45) is 5.73 Å². The van der Waals surface area contributed by atoms with Gasteiger partial charge >= 0.3 is 0 Å². The summed E-state index contributed by atoms with van der Waals surface area (Å²) in [6, 6.07) is 4.02. The van der Waals surface area contributed by atoms with Crippen LogP contribution in [-0.2, 0) is 13.1 Å². The molecule has 2 aromatic rings. The number of nitrogens with two attached hydrogens (primary N) is 1. The van der Waals surface area contributed by atoms with Crippen LogP contribution in [-0.4, -0.2) is 54.0 Å². The second kappa shape index (κ2) is 12.3. The number of carbonyl (C=O) groups is 1. The van der Waals surface area contributed by atoms with Crippen LogP contribution in [0.25, 0.3) is 0 Å². The minimum atomic E-state index is -0.186. The molecule has 0 unspecified atom stereocenters. The number of hydrogen-bond acceptors (Lipinski definition) is 7. The van der Waals surface area contributed by atoms with Crippen LogP contribution in [0.4, 0.5) is 5.82 Å². The van der Waals surface area contributed by atoms with Gasteiger partial charge < -0.3 is 20.9 Å². The van der Waals surface area contributed by atoms with Gasteiger partial charge in [0.15, 0.2) is 0 Å². The van der Waals surface area contributed by atoms with Crippen molar-refractivity contribution in [2.45, 2.75) is 13.1 Å². The lowest BCUT2D eigenvalue weighted by Crippen LogP contribution is -2.44. The van der Waals surface area contributed by atoms with Crippen molar-refractivity contribution in [3.8, 4) is 0 Å². The highest BCUT2D eigenvalue weighted by Crippen LogP contribution is 2.14. The van der Waals surface area contributed by atoms with E-state index in [1.807, 2.05) is 18.3 Å². The molecule has 0 bridgehead atoms. The molecule has 7 nitrogen and oxygen atoms in total. The van der Waals surface area contributed by atoms with Crippen molar-refractivity contribution in [1.82, 2.24) is 20.2 Å². The number of amides is 1. The van der Waals surface area contributed by atoms with Crippen molar-refractivity contribution in [3.63, 3.8) is 0 Å². The summed E-state index contributed by atoms with van der Waals surface area (Å²) in [5.74, 6) is 0.805. The molecule has 0 saturated carbocycles. The summed E-state index contributed by atoms with van der Waals surface area (Å²) in [4.78, 5) is 25.3. The molecule has 3 rings (SSSR count). The maximum Gasteiger partial charge on any atom is 0.271 e. The number of likely N-dealkylation sites (N-methyl/N-ethyl adjacent to an activating group) is 1. The van der Waals surface area contributed by atoms with Gasteiger partial charge in [-0.15, -0.1) is 48.6 Å². The van der Waals surface area contributed by atoms with Gasteiger partial charge in [0, 0.05) is 50.8 Å². The molecule has 1 amide bonds. The Kier molecular flexibility index (Phi) is 11.8. The molecule has 0 spiro atoms. The van der Waals surface area contributed by atoms with Crippen molar-refractivity contribution < 1.29 is 4.79 Å². The zero-order valence-corrected chi connectivity index (χ0v) is 18.2. The molecule has 1 aliphatic rings. The van der Waals surface area contributed by atoms with Crippen LogP contribution in [0.2, 0.25) is 0 Å². The molecule has 11 heteroatoms. The summed E-state index contributed by atoms with van der Waals surface area (Å²) < 4.78 is 0. The van der Waals surface area contributed by atoms with Crippen LogP contribution in [0.1, 0.15) is 21.1 Å². The summed E-state index contributed by atoms with van der Waals surface area (Å²) in [5, 5.41) is 5.35. The number of rotatable bonds is 5. The Morgan fingerprint density at radius 2 is 1.93 bits per heavy atom. The highest BCUT2D eigenvalue weighted by atomic mass is 35.5. The van der Waals surface area contributed by atoms with Crippen LogP contribution < -0.4 is 16.0 Å². The molecular weight excluding hydrogens is 431 g/mol. The maximum atomic E-state index is 12.1. The summed E-state index contributed by atoms with van der Waals surface area (Å²) in [7, 11) is 2.13. The van der Waals surface area contributed by atoms with Gasteiger partial charge in [-0.05, 0) is 18.7 Å². The molecule has 152 valence electrons. The number of nitrogens with zero attached hydrogens (tertiary/aromatic N) is 4. The first-order valence-corrected chi connectivity index (χ1v) is 8.85. The first kappa shape index (κ1) is 25.8. The van der Waals surface area contributed by atoms with Gasteiger partial charge in [-0.25, -0.2) is 9.97 Å². The maximum absolute atomic E-state index is 12.1. The lowest BCUT2D eigenvalue weighted by atomic mass is 10.2. The number of aromatic nitrogens is 2. The van der Waals surface area contributed by atoms with E-state index >= 15 is 0 Å². The first-order chi connectivity index (χ1) is 11.7. The van der Waals surface area contributed by atoms with Crippen molar-refractivity contribution in [2.75, 3.05) is 38.1 Å². The number of thiazole rings is 1. The number of nitrogens with one attached hydrogen (secondary N) is 1. The molecule has 1 saturated heterocycles. The summed E-state index contributed by atoms with van der Waals surface area (Å²) in [6.07, 6.45) is 1.82. The molecule has 0 radical (unpaired) electrons. The van der Waals surface area contributed by atoms with E-state index in [2.05, 4.69) is 32.1 Å². The Bertz CT molecular complexity index is 692. The predicted molar refractivity (Wildman–Crippen MR) is 117 cm³/mol. The fourth-order valence-corrected chi connectivity index (χ4v) is 3.18. The number of carbonyl (C=O) groups excluding carboxylic acids is 1. The normalized spacial score (nSPS) is 13.8. The minimum Gasteiger partial charge on any atom is -0.354 e. The largest absolute Gasteiger partial charge is 0.354 e. The first-order valence-electron chi connectivity index (χ1n) is 7.97. The third kappa shape index (κ3) is 7.06. The van der Waals surface area contributed by atoms with Gasteiger partial charge in [-0.1, -0.05) is 6.07 Å². The Morgan fingerprint density at radius 1 is 1.22 bits per heavy atom. The van der Waals surface area contributed by atoms with Crippen molar-refractivity contribution in [3.05, 3.63) is 40.0 Å². The van der Waals surface area contributed by atoms with Crippen molar-refractivity contribution >= 4 is 60.3 Å². The monoisotopic (exact) mass is 454 g/mol. The van der Waals surface area contributed by atoms with E-state index in [1.165, 1.54) is 11.3 Å². The number of anilines is 1. The highest BCUT2D eigenvalue weighted by molar-refractivity contribution is 7.09. The van der Waals surface area contributed by atoms with E-state index in [4.69, 9.17) is 5.73 Å². The minimum absolute atomic E-state index is 0. The zero-order chi connectivity index (χ0) is 16.9. The molecule has 0 atom stereocenters. The fourth-order valence-electron chi connectivity index (χ4n) is 2.53. The zero-order valence-electron chi connectivity index (χ0n) is 15.0. The smallest absolute Gasteiger partial charge is 0.271 e. The molecule has 27 heavy (non-hydrogen) atoms. The Morgan fingerprint density at radius 3 is 2.48 bits per heavy atom. The van der Waals surface area contributed by atoms with E-state index in [1.54, 1.807) is 5.38 Å². The molecule has 3 N–H and O–H groups in total. The average Bonchev–Trinajstić information content (AvgIpc) is 3.10. The number of pyridine rings is 1. The second-order valence-electron chi connectivity index (χ2n) is 5.83. The molecular formula is C16H25Cl3N6OS. The van der Waals surface area contributed by atoms with Crippen LogP contribution in [0.3, 0.4) is 0 Å². The third-order valence-corrected chi connectivity index (χ3v) is 4.92. The molecule has 0 aromatic carbocycles. The third-order valence-electron chi connectivity index (χ3n) is 4.05. The van der Waals surface area contributed by atoms with E-state index < -0.39 is 0 Å². The van der Waals surface area contributed by atoms with Gasteiger partial charge in [-0.2, -0.15) is 0 Å². The van der Waals surface area contributed by atoms with Crippen LogP contribution >= 0.6 is 48.6 Å². The van der Waals surface area contributed by atoms with Gasteiger partial charge in [0.1, 0.15) is 16.5 Å². The highest BCUT2D eigenvalue weighted by Gasteiger charge is 2.15. The molecule has 1 fully saturated rings. The standard InChI is InChI=1S/C16H22N6OS.3ClH/c1-21-4-6-22(7-5-21)14-3-2-12(9-18-14)10-19-16(23)13-11-24-15(8-17)20-13;;;/h2-3,9,11H,4-8,10,17H2,1H3,(H,19,23);3*1H. The second-order valence-corrected chi connectivity index (χ2v) is 6.77. The number of piperazine rings is 1. The molecule has 0 aliphatic carbocycles. The van der Waals surface area contributed by atoms with E-state index in [0.29, 0.717) is 18.8 Å². The molecule has 2 aromatic heterocycles. The molecule has 3 heterocycles. The van der Waals surface area contributed by atoms with E-state index in [-0.39, 0.29) is 43.1 Å². The van der Waals surface area contributed by atoms with Gasteiger partial charge in [-0.3, -0.25) is 4.79 Å². The SMILES string of the molecule is CN1CCN(c2ccc(CNC(=O)c3csc(CN)n3)cn2)CC1.Cl.Cl.Cl. The van der Waals surface area contributed by atoms with Crippen LogP contribution in [0.5, 0.6) is 0 Å². The quantitative estimate of drug-likeness (QED) is 0.716. The Hall–Kier alpha value is -1.16. The number of hydrogen-bond donors (Lipinski definition) is 2. The molecule has 1 aliphatic heterocycles.